The number of nitrogens with zero attached hydrogens (tertiary/aromatic N) is 5. The highest BCUT2D eigenvalue weighted by molar-refractivity contribution is 14.1. The van der Waals surface area contributed by atoms with Gasteiger partial charge < -0.3 is 24.5 Å². The highest BCUT2D eigenvalue weighted by Gasteiger charge is 2.44. The number of amides is 1. The Labute approximate surface area is 241 Å². The Morgan fingerprint density at radius 2 is 2.08 bits per heavy atom. The zero-order chi connectivity index (χ0) is 27.3. The third kappa shape index (κ3) is 5.37. The monoisotopic (exact) mass is 645 g/mol. The van der Waals surface area contributed by atoms with Crippen LogP contribution >= 0.6 is 22.6 Å². The van der Waals surface area contributed by atoms with E-state index in [0.29, 0.717) is 50.1 Å². The molecule has 1 amide bonds. The van der Waals surface area contributed by atoms with Crippen LogP contribution in [0.3, 0.4) is 0 Å². The van der Waals surface area contributed by atoms with Gasteiger partial charge in [0.05, 0.1) is 37.5 Å². The van der Waals surface area contributed by atoms with E-state index in [0.717, 1.165) is 51.4 Å². The van der Waals surface area contributed by atoms with Gasteiger partial charge in [-0.2, -0.15) is 9.97 Å². The third-order valence-corrected chi connectivity index (χ3v) is 8.85. The van der Waals surface area contributed by atoms with Gasteiger partial charge in [-0.3, -0.25) is 4.79 Å². The average Bonchev–Trinajstić information content (AvgIpc) is 3.51. The first-order valence-electron chi connectivity index (χ1n) is 13.5. The number of phenolic OH excluding ortho intramolecular Hbond substituents is 1. The number of anilines is 1. The second-order valence-electron chi connectivity index (χ2n) is 11.5. The zero-order valence-electron chi connectivity index (χ0n) is 22.3. The highest BCUT2D eigenvalue weighted by Crippen LogP contribution is 2.46. The molecule has 1 N–H and O–H groups in total. The van der Waals surface area contributed by atoms with Crippen LogP contribution in [0.25, 0.3) is 10.8 Å². The first-order chi connectivity index (χ1) is 18.7. The lowest BCUT2D eigenvalue weighted by Gasteiger charge is -2.31. The van der Waals surface area contributed by atoms with Crippen LogP contribution in [0, 0.1) is 8.99 Å². The molecule has 39 heavy (non-hydrogen) atoms. The summed E-state index contributed by atoms with van der Waals surface area (Å²) in [4.78, 5) is 29.3. The summed E-state index contributed by atoms with van der Waals surface area (Å²) in [5.74, 6) is 0.534. The molecule has 1 unspecified atom stereocenters. The fraction of sp³-hybridized carbons (Fsp3) is 0.483. The topological polar surface area (TPSA) is 82.0 Å². The Balaban J connectivity index is 1.32. The van der Waals surface area contributed by atoms with E-state index in [1.807, 2.05) is 23.1 Å². The van der Waals surface area contributed by atoms with Crippen LogP contribution in [0.5, 0.6) is 11.8 Å². The minimum atomic E-state index is -0.913. The number of benzene rings is 2. The van der Waals surface area contributed by atoms with Crippen molar-refractivity contribution >= 4 is 45.1 Å². The fourth-order valence-corrected chi connectivity index (χ4v) is 6.73. The van der Waals surface area contributed by atoms with Crippen molar-refractivity contribution < 1.29 is 19.0 Å². The maximum atomic E-state index is 14.4. The Bertz CT molecular complexity index is 1430. The third-order valence-electron chi connectivity index (χ3n) is 7.95. The lowest BCUT2D eigenvalue weighted by molar-refractivity contribution is 0.0752. The molecule has 1 saturated heterocycles. The molecule has 1 aromatic heterocycles. The van der Waals surface area contributed by atoms with Crippen molar-refractivity contribution in [1.82, 2.24) is 19.8 Å². The number of carbonyl (C=O) groups excluding carboxylic acids is 1. The van der Waals surface area contributed by atoms with Crippen LogP contribution in [0.2, 0.25) is 0 Å². The first kappa shape index (κ1) is 26.5. The molecule has 0 bridgehead atoms. The fourth-order valence-electron chi connectivity index (χ4n) is 5.92. The largest absolute Gasteiger partial charge is 0.508 e. The summed E-state index contributed by atoms with van der Waals surface area (Å²) in [6.07, 6.45) is 2.60. The normalized spacial score (nSPS) is 20.0. The quantitative estimate of drug-likeness (QED) is 0.372. The molecule has 2 fully saturated rings. The number of hydrogen-bond acceptors (Lipinski definition) is 7. The van der Waals surface area contributed by atoms with E-state index >= 15 is 0 Å². The maximum absolute atomic E-state index is 14.4. The lowest BCUT2D eigenvalue weighted by atomic mass is 10.0. The zero-order valence-corrected chi connectivity index (χ0v) is 24.4. The smallest absolute Gasteiger partial charge is 0.318 e. The summed E-state index contributed by atoms with van der Waals surface area (Å²) < 4.78 is 21.6. The summed E-state index contributed by atoms with van der Waals surface area (Å²) in [5, 5.41) is 12.0. The van der Waals surface area contributed by atoms with Gasteiger partial charge in [0.1, 0.15) is 17.7 Å². The summed E-state index contributed by atoms with van der Waals surface area (Å²) >= 11 is 2.22. The maximum Gasteiger partial charge on any atom is 0.318 e. The van der Waals surface area contributed by atoms with Gasteiger partial charge in [0, 0.05) is 33.0 Å². The number of halogens is 2. The predicted octanol–water partition coefficient (Wildman–Crippen LogP) is 4.75. The standard InChI is InChI=1S/C29H33FIN5O3/c1-34(2)16-29(8-9-29)17-39-28-32-24-15-36(14-22(24)26(33-28)35-10-4-6-19(30)13-35)27(38)21-12-20(37)11-18-5-3-7-23(31)25(18)21/h3,5,7,11-12,19,37H,4,6,8-10,13-17H2,1-2H3. The van der Waals surface area contributed by atoms with Gasteiger partial charge in [-0.1, -0.05) is 12.1 Å². The van der Waals surface area contributed by atoms with E-state index in [-0.39, 0.29) is 23.6 Å². The Morgan fingerprint density at radius 1 is 1.26 bits per heavy atom. The summed E-state index contributed by atoms with van der Waals surface area (Å²) in [7, 11) is 4.13. The Kier molecular flexibility index (Phi) is 7.03. The molecule has 206 valence electrons. The number of rotatable bonds is 7. The number of aromatic nitrogens is 2. The van der Waals surface area contributed by atoms with E-state index in [2.05, 4.69) is 41.6 Å². The van der Waals surface area contributed by atoms with Crippen LogP contribution in [0.15, 0.2) is 30.3 Å². The van der Waals surface area contributed by atoms with Crippen molar-refractivity contribution in [3.05, 3.63) is 50.7 Å². The van der Waals surface area contributed by atoms with Crippen LogP contribution in [-0.4, -0.2) is 77.3 Å². The molecule has 8 nitrogen and oxygen atoms in total. The van der Waals surface area contributed by atoms with Gasteiger partial charge in [-0.25, -0.2) is 4.39 Å². The van der Waals surface area contributed by atoms with E-state index in [1.54, 1.807) is 11.0 Å². The summed E-state index contributed by atoms with van der Waals surface area (Å²) in [6.45, 7) is 3.08. The van der Waals surface area contributed by atoms with Crippen molar-refractivity contribution in [3.8, 4) is 11.8 Å². The van der Waals surface area contributed by atoms with Gasteiger partial charge in [-0.15, -0.1) is 0 Å². The Hall–Kier alpha value is -2.73. The van der Waals surface area contributed by atoms with Crippen LogP contribution in [0.4, 0.5) is 10.2 Å². The van der Waals surface area contributed by atoms with Crippen molar-refractivity contribution in [1.29, 1.82) is 0 Å². The van der Waals surface area contributed by atoms with Crippen molar-refractivity contribution in [2.24, 2.45) is 5.41 Å². The molecule has 0 radical (unpaired) electrons. The van der Waals surface area contributed by atoms with Gasteiger partial charge in [0.15, 0.2) is 0 Å². The van der Waals surface area contributed by atoms with E-state index in [9.17, 15) is 14.3 Å². The molecule has 3 aromatic rings. The van der Waals surface area contributed by atoms with E-state index < -0.39 is 6.17 Å². The van der Waals surface area contributed by atoms with Crippen molar-refractivity contribution in [3.63, 3.8) is 0 Å². The second-order valence-corrected chi connectivity index (χ2v) is 12.6. The molecule has 6 rings (SSSR count). The molecule has 0 spiro atoms. The Morgan fingerprint density at radius 3 is 2.82 bits per heavy atom. The number of ether oxygens (including phenoxy) is 1. The molecule has 1 aliphatic carbocycles. The van der Waals surface area contributed by atoms with Crippen molar-refractivity contribution in [2.45, 2.75) is 44.9 Å². The van der Waals surface area contributed by atoms with Crippen LogP contribution in [-0.2, 0) is 13.1 Å². The molecule has 10 heteroatoms. The van der Waals surface area contributed by atoms with Crippen LogP contribution < -0.4 is 9.64 Å². The first-order valence-corrected chi connectivity index (χ1v) is 14.6. The van der Waals surface area contributed by atoms with Gasteiger partial charge in [0.2, 0.25) is 0 Å². The predicted molar refractivity (Wildman–Crippen MR) is 156 cm³/mol. The molecular formula is C29H33FIN5O3. The molecule has 3 aliphatic rings. The lowest BCUT2D eigenvalue weighted by Crippen LogP contribution is -2.38. The number of fused-ring (bicyclic) bond motifs is 2. The molecule has 1 saturated carbocycles. The molecule has 3 heterocycles. The molecule has 1 atom stereocenters. The minimum Gasteiger partial charge on any atom is -0.508 e. The van der Waals surface area contributed by atoms with Gasteiger partial charge in [0.25, 0.3) is 5.91 Å². The minimum absolute atomic E-state index is 0.0507. The van der Waals surface area contributed by atoms with Gasteiger partial charge in [-0.05, 0) is 86.0 Å². The SMILES string of the molecule is CN(C)CC1(COc2nc3c(c(N4CCCC(F)C4)n2)CN(C(=O)c2cc(O)cc4cccc(I)c24)C3)CC1. The number of alkyl halides is 1. The van der Waals surface area contributed by atoms with E-state index in [4.69, 9.17) is 14.7 Å². The second kappa shape index (κ2) is 10.3. The summed E-state index contributed by atoms with van der Waals surface area (Å²) in [6, 6.07) is 9.26. The summed E-state index contributed by atoms with van der Waals surface area (Å²) in [5.41, 5.74) is 2.16. The number of phenols is 1. The molecule has 2 aliphatic heterocycles. The number of aromatic hydroxyl groups is 1. The molecule has 2 aromatic carbocycles. The van der Waals surface area contributed by atoms with E-state index in [1.165, 1.54) is 6.07 Å². The highest BCUT2D eigenvalue weighted by atomic mass is 127. The molecular weight excluding hydrogens is 612 g/mol. The van der Waals surface area contributed by atoms with Gasteiger partial charge >= 0.3 is 6.01 Å². The van der Waals surface area contributed by atoms with Crippen LogP contribution in [0.1, 0.15) is 47.3 Å². The average molecular weight is 646 g/mol. The number of carbonyl (C=O) groups is 1. The number of hydrogen-bond donors (Lipinski definition) is 1. The number of piperidine rings is 1. The van der Waals surface area contributed by atoms with Crippen molar-refractivity contribution in [2.75, 3.05) is 45.2 Å².